The van der Waals surface area contributed by atoms with Gasteiger partial charge in [0.05, 0.1) is 10.5 Å². The number of furan rings is 1. The Bertz CT molecular complexity index is 1190. The first-order chi connectivity index (χ1) is 13.2. The van der Waals surface area contributed by atoms with Crippen LogP contribution in [0.3, 0.4) is 0 Å². The van der Waals surface area contributed by atoms with Crippen LogP contribution in [0.2, 0.25) is 0 Å². The zero-order chi connectivity index (χ0) is 20.5. The number of nitrogens with zero attached hydrogens (tertiary/aromatic N) is 1. The lowest BCUT2D eigenvalue weighted by molar-refractivity contribution is -0.386. The van der Waals surface area contributed by atoms with Gasteiger partial charge in [0, 0.05) is 5.56 Å². The number of hydrogen-bond donors (Lipinski definition) is 2. The van der Waals surface area contributed by atoms with E-state index in [9.17, 15) is 32.9 Å². The van der Waals surface area contributed by atoms with Crippen LogP contribution < -0.4 is 11.2 Å². The molecular formula is C17H10F3N3O5. The van der Waals surface area contributed by atoms with Crippen molar-refractivity contribution in [3.05, 3.63) is 84.4 Å². The van der Waals surface area contributed by atoms with E-state index in [2.05, 4.69) is 4.98 Å². The second-order valence-electron chi connectivity index (χ2n) is 5.51. The molecule has 0 bridgehead atoms. The molecule has 0 fully saturated rings. The average Bonchev–Trinajstić information content (AvgIpc) is 3.07. The third-order valence-electron chi connectivity index (χ3n) is 3.67. The summed E-state index contributed by atoms with van der Waals surface area (Å²) in [5.41, 5.74) is -4.46. The van der Waals surface area contributed by atoms with E-state index in [1.165, 1.54) is 36.4 Å². The highest BCUT2D eigenvalue weighted by Crippen LogP contribution is 2.37. The monoisotopic (exact) mass is 393 g/mol. The molecule has 28 heavy (non-hydrogen) atoms. The van der Waals surface area contributed by atoms with Crippen molar-refractivity contribution in [2.24, 2.45) is 0 Å². The van der Waals surface area contributed by atoms with Gasteiger partial charge in [0.25, 0.3) is 0 Å². The number of aromatic nitrogens is 2. The van der Waals surface area contributed by atoms with Crippen molar-refractivity contribution >= 4 is 17.8 Å². The highest BCUT2D eigenvalue weighted by Gasteiger charge is 2.34. The van der Waals surface area contributed by atoms with Crippen molar-refractivity contribution in [1.82, 2.24) is 9.97 Å². The predicted molar refractivity (Wildman–Crippen MR) is 92.4 cm³/mol. The van der Waals surface area contributed by atoms with Crippen molar-refractivity contribution in [2.75, 3.05) is 0 Å². The number of aromatic amines is 2. The first kappa shape index (κ1) is 18.9. The van der Waals surface area contributed by atoms with E-state index in [4.69, 9.17) is 4.42 Å². The number of rotatable bonds is 4. The number of nitrogens with one attached hydrogen (secondary N) is 2. The van der Waals surface area contributed by atoms with Gasteiger partial charge < -0.3 is 9.40 Å². The van der Waals surface area contributed by atoms with Crippen LogP contribution >= 0.6 is 0 Å². The molecule has 2 aromatic heterocycles. The smallest absolute Gasteiger partial charge is 0.417 e. The van der Waals surface area contributed by atoms with Crippen LogP contribution in [-0.2, 0) is 6.18 Å². The Morgan fingerprint density at radius 2 is 1.75 bits per heavy atom. The lowest BCUT2D eigenvalue weighted by Crippen LogP contribution is -2.25. The summed E-state index contributed by atoms with van der Waals surface area (Å²) in [6.07, 6.45) is -2.35. The molecule has 0 aliphatic rings. The van der Waals surface area contributed by atoms with Crippen molar-refractivity contribution in [1.29, 1.82) is 0 Å². The zero-order valence-electron chi connectivity index (χ0n) is 13.7. The van der Waals surface area contributed by atoms with Gasteiger partial charge in [-0.25, -0.2) is 4.79 Å². The van der Waals surface area contributed by atoms with Crippen molar-refractivity contribution in [2.45, 2.75) is 6.18 Å². The van der Waals surface area contributed by atoms with Gasteiger partial charge in [0.15, 0.2) is 0 Å². The van der Waals surface area contributed by atoms with Gasteiger partial charge in [0.2, 0.25) is 0 Å². The maximum absolute atomic E-state index is 13.1. The number of alkyl halides is 3. The first-order valence-corrected chi connectivity index (χ1v) is 7.62. The lowest BCUT2D eigenvalue weighted by Gasteiger charge is -2.10. The predicted octanol–water partition coefficient (Wildman–Crippen LogP) is 3.42. The Morgan fingerprint density at radius 3 is 2.43 bits per heavy atom. The fourth-order valence-corrected chi connectivity index (χ4v) is 2.50. The van der Waals surface area contributed by atoms with Crippen molar-refractivity contribution in [3.63, 3.8) is 0 Å². The maximum atomic E-state index is 13.1. The SMILES string of the molecule is O=c1[nH]c(/C=C/c2ccc(-c3ccccc3C(F)(F)F)o2)c([N+](=O)[O-])c(=O)[nH]1. The fourth-order valence-electron chi connectivity index (χ4n) is 2.50. The number of halogens is 3. The summed E-state index contributed by atoms with van der Waals surface area (Å²) in [5.74, 6) is -0.0103. The van der Waals surface area contributed by atoms with Crippen LogP contribution in [0.5, 0.6) is 0 Å². The Kier molecular flexibility index (Phi) is 4.74. The molecule has 0 saturated carbocycles. The molecule has 2 N–H and O–H groups in total. The zero-order valence-corrected chi connectivity index (χ0v) is 13.7. The molecule has 8 nitrogen and oxygen atoms in total. The highest BCUT2D eigenvalue weighted by molar-refractivity contribution is 5.71. The van der Waals surface area contributed by atoms with E-state index in [0.29, 0.717) is 0 Å². The van der Waals surface area contributed by atoms with E-state index in [-0.39, 0.29) is 22.8 Å². The van der Waals surface area contributed by atoms with Gasteiger partial charge in [-0.15, -0.1) is 0 Å². The van der Waals surface area contributed by atoms with Crippen LogP contribution in [0.1, 0.15) is 17.0 Å². The molecule has 0 amide bonds. The normalized spacial score (nSPS) is 11.8. The van der Waals surface area contributed by atoms with Gasteiger partial charge in [0.1, 0.15) is 17.2 Å². The summed E-state index contributed by atoms with van der Waals surface area (Å²) in [5, 5.41) is 11.0. The van der Waals surface area contributed by atoms with Crippen LogP contribution in [0.4, 0.5) is 18.9 Å². The lowest BCUT2D eigenvalue weighted by atomic mass is 10.1. The Balaban J connectivity index is 1.99. The molecule has 2 heterocycles. The largest absolute Gasteiger partial charge is 0.457 e. The minimum Gasteiger partial charge on any atom is -0.457 e. The van der Waals surface area contributed by atoms with Gasteiger partial charge >= 0.3 is 23.1 Å². The fraction of sp³-hybridized carbons (Fsp3) is 0.0588. The summed E-state index contributed by atoms with van der Waals surface area (Å²) in [6, 6.07) is 7.48. The standard InChI is InChI=1S/C17H10F3N3O5/c18-17(19,20)11-4-2-1-3-10(11)13-8-6-9(28-13)5-7-12-14(23(26)27)15(24)22-16(25)21-12/h1-8H,(H2,21,22,24,25)/b7-5+. The van der Waals surface area contributed by atoms with Crippen molar-refractivity contribution in [3.8, 4) is 11.3 Å². The van der Waals surface area contributed by atoms with Gasteiger partial charge in [-0.1, -0.05) is 18.2 Å². The summed E-state index contributed by atoms with van der Waals surface area (Å²) in [7, 11) is 0. The van der Waals surface area contributed by atoms with Crippen LogP contribution in [0, 0.1) is 10.1 Å². The molecule has 0 aliphatic heterocycles. The van der Waals surface area contributed by atoms with Crippen LogP contribution in [0.15, 0.2) is 50.4 Å². The summed E-state index contributed by atoms with van der Waals surface area (Å²) in [6.45, 7) is 0. The Labute approximate surface area is 153 Å². The average molecular weight is 393 g/mol. The third kappa shape index (κ3) is 3.77. The second-order valence-corrected chi connectivity index (χ2v) is 5.51. The molecule has 0 unspecified atom stereocenters. The minimum atomic E-state index is -4.58. The molecule has 1 aromatic carbocycles. The van der Waals surface area contributed by atoms with E-state index in [0.717, 1.165) is 12.1 Å². The van der Waals surface area contributed by atoms with E-state index < -0.39 is 33.6 Å². The quantitative estimate of drug-likeness (QED) is 0.520. The van der Waals surface area contributed by atoms with Gasteiger partial charge in [-0.05, 0) is 30.4 Å². The minimum absolute atomic E-state index is 0.0578. The van der Waals surface area contributed by atoms with E-state index in [1.807, 2.05) is 0 Å². The molecule has 0 spiro atoms. The van der Waals surface area contributed by atoms with E-state index in [1.54, 1.807) is 4.98 Å². The molecule has 0 saturated heterocycles. The topological polar surface area (TPSA) is 122 Å². The Morgan fingerprint density at radius 1 is 1.04 bits per heavy atom. The first-order valence-electron chi connectivity index (χ1n) is 7.62. The summed E-state index contributed by atoms with van der Waals surface area (Å²) < 4.78 is 44.7. The van der Waals surface area contributed by atoms with Crippen LogP contribution in [-0.4, -0.2) is 14.9 Å². The molecule has 3 aromatic rings. The molecule has 0 atom stereocenters. The van der Waals surface area contributed by atoms with Crippen molar-refractivity contribution < 1.29 is 22.5 Å². The molecule has 0 aliphatic carbocycles. The third-order valence-corrected chi connectivity index (χ3v) is 3.67. The summed E-state index contributed by atoms with van der Waals surface area (Å²) >= 11 is 0. The molecule has 144 valence electrons. The maximum Gasteiger partial charge on any atom is 0.417 e. The number of nitro groups is 1. The Hall–Kier alpha value is -3.89. The summed E-state index contributed by atoms with van der Waals surface area (Å²) in [4.78, 5) is 36.7. The molecule has 0 radical (unpaired) electrons. The second kappa shape index (κ2) is 7.02. The number of benzene rings is 1. The molecule has 3 rings (SSSR count). The molecular weight excluding hydrogens is 383 g/mol. The van der Waals surface area contributed by atoms with E-state index >= 15 is 0 Å². The highest BCUT2D eigenvalue weighted by atomic mass is 19.4. The number of H-pyrrole nitrogens is 2. The number of hydrogen-bond acceptors (Lipinski definition) is 5. The van der Waals surface area contributed by atoms with Crippen LogP contribution in [0.25, 0.3) is 23.5 Å². The van der Waals surface area contributed by atoms with Gasteiger partial charge in [-0.3, -0.25) is 19.9 Å². The van der Waals surface area contributed by atoms with Gasteiger partial charge in [-0.2, -0.15) is 13.2 Å². The molecule has 11 heteroatoms.